The number of aryl methyl sites for hydroxylation is 2. The lowest BCUT2D eigenvalue weighted by atomic mass is 10.0. The van der Waals surface area contributed by atoms with Gasteiger partial charge in [0.2, 0.25) is 11.1 Å². The van der Waals surface area contributed by atoms with Gasteiger partial charge >= 0.3 is 5.97 Å². The standard InChI is InChI=1S/C25H24N8O7S2/c1-11-7-16(35)15(8-26-11)20(36)27-17(12-3-5-14(34)6-4-12)21(37)28-18-22(38)33-19(24(39)40)13(9-41-23(18)33)10-42-25-29-30-31-32(25)2/h3-8,17-18,23,34H,9-10H2,1-2H3,(H,26,35)(H,27,36)(H,28,37)(H,39,40)/t17-,18?,23-/m1/s1. The number of pyridine rings is 1. The zero-order valence-electron chi connectivity index (χ0n) is 22.1. The van der Waals surface area contributed by atoms with Gasteiger partial charge in [0.05, 0.1) is 0 Å². The summed E-state index contributed by atoms with van der Waals surface area (Å²) in [5.74, 6) is -3.02. The quantitative estimate of drug-likeness (QED) is 0.159. The highest BCUT2D eigenvalue weighted by Gasteiger charge is 2.54. The molecule has 2 aromatic heterocycles. The molecule has 0 spiro atoms. The highest BCUT2D eigenvalue weighted by atomic mass is 32.2. The molecule has 4 heterocycles. The van der Waals surface area contributed by atoms with Gasteiger partial charge in [-0.1, -0.05) is 23.9 Å². The molecule has 0 bridgehead atoms. The molecule has 15 nitrogen and oxygen atoms in total. The average molecular weight is 613 g/mol. The number of H-pyrrole nitrogens is 1. The fraction of sp³-hybridized carbons (Fsp3) is 0.280. The highest BCUT2D eigenvalue weighted by Crippen LogP contribution is 2.41. The Hall–Kier alpha value is -4.64. The van der Waals surface area contributed by atoms with Crippen molar-refractivity contribution in [2.75, 3.05) is 11.5 Å². The Kier molecular flexibility index (Phi) is 8.04. The van der Waals surface area contributed by atoms with Gasteiger partial charge in [0.1, 0.15) is 34.5 Å². The van der Waals surface area contributed by atoms with Crippen LogP contribution in [0.2, 0.25) is 0 Å². The third kappa shape index (κ3) is 5.60. The Morgan fingerprint density at radius 2 is 1.98 bits per heavy atom. The van der Waals surface area contributed by atoms with Gasteiger partial charge in [0, 0.05) is 36.5 Å². The van der Waals surface area contributed by atoms with E-state index < -0.39 is 46.6 Å². The minimum absolute atomic E-state index is 0.0694. The van der Waals surface area contributed by atoms with Crippen molar-refractivity contribution in [1.82, 2.24) is 40.7 Å². The molecule has 1 unspecified atom stereocenters. The van der Waals surface area contributed by atoms with Gasteiger partial charge in [0.25, 0.3) is 11.8 Å². The number of carboxylic acid groups (broad SMARTS) is 1. The summed E-state index contributed by atoms with van der Waals surface area (Å²) >= 11 is 2.52. The van der Waals surface area contributed by atoms with Gasteiger partial charge in [-0.3, -0.25) is 24.1 Å². The molecular weight excluding hydrogens is 588 g/mol. The summed E-state index contributed by atoms with van der Waals surface area (Å²) in [5, 5.41) is 35.8. The molecule has 5 rings (SSSR count). The Labute approximate surface area is 245 Å². The lowest BCUT2D eigenvalue weighted by molar-refractivity contribution is -0.151. The predicted octanol–water partition coefficient (Wildman–Crippen LogP) is -0.0856. The van der Waals surface area contributed by atoms with Crippen molar-refractivity contribution in [2.24, 2.45) is 7.05 Å². The third-order valence-corrected chi connectivity index (χ3v) is 9.01. The molecule has 3 atom stereocenters. The molecule has 3 amide bonds. The second-order valence-electron chi connectivity index (χ2n) is 9.42. The molecule has 17 heteroatoms. The Bertz CT molecular complexity index is 1670. The minimum Gasteiger partial charge on any atom is -0.508 e. The van der Waals surface area contributed by atoms with Crippen molar-refractivity contribution in [3.8, 4) is 5.75 Å². The number of thioether (sulfide) groups is 2. The molecule has 218 valence electrons. The molecule has 2 aliphatic rings. The minimum atomic E-state index is -1.34. The number of nitrogens with one attached hydrogen (secondary N) is 3. The number of hydrogen-bond acceptors (Lipinski definition) is 11. The van der Waals surface area contributed by atoms with Gasteiger partial charge in [-0.25, -0.2) is 9.48 Å². The SMILES string of the molecule is Cc1cc(=O)c(C(=O)N[C@@H](C(=O)NC2C(=O)N3C(C(=O)O)=C(CSc4nnnn4C)CS[C@H]23)c2ccc(O)cc2)c[nH]1. The average Bonchev–Trinajstić information content (AvgIpc) is 3.37. The maximum atomic E-state index is 13.5. The van der Waals surface area contributed by atoms with Crippen LogP contribution in [0.1, 0.15) is 27.7 Å². The number of rotatable bonds is 9. The van der Waals surface area contributed by atoms with E-state index >= 15 is 0 Å². The summed E-state index contributed by atoms with van der Waals surface area (Å²) in [5.41, 5.74) is 0.417. The van der Waals surface area contributed by atoms with Gasteiger partial charge in [-0.15, -0.1) is 16.9 Å². The van der Waals surface area contributed by atoms with Crippen molar-refractivity contribution in [2.45, 2.75) is 29.5 Å². The van der Waals surface area contributed by atoms with Gasteiger partial charge < -0.3 is 25.8 Å². The van der Waals surface area contributed by atoms with E-state index in [2.05, 4.69) is 31.1 Å². The number of aliphatic carboxylic acids is 1. The number of carbonyl (C=O) groups excluding carboxylic acids is 3. The molecule has 5 N–H and O–H groups in total. The van der Waals surface area contributed by atoms with Crippen LogP contribution in [-0.4, -0.2) is 86.9 Å². The van der Waals surface area contributed by atoms with Crippen LogP contribution in [0.4, 0.5) is 0 Å². The Morgan fingerprint density at radius 1 is 1.24 bits per heavy atom. The van der Waals surface area contributed by atoms with E-state index in [9.17, 15) is 34.2 Å². The fourth-order valence-corrected chi connectivity index (χ4v) is 6.79. The first-order chi connectivity index (χ1) is 20.0. The van der Waals surface area contributed by atoms with E-state index in [1.54, 1.807) is 14.0 Å². The first-order valence-electron chi connectivity index (χ1n) is 12.4. The number of phenols is 1. The van der Waals surface area contributed by atoms with Crippen LogP contribution in [0.25, 0.3) is 0 Å². The number of hydrogen-bond donors (Lipinski definition) is 5. The van der Waals surface area contributed by atoms with E-state index in [0.717, 1.165) is 4.90 Å². The van der Waals surface area contributed by atoms with Gasteiger partial charge in [-0.2, -0.15) is 0 Å². The zero-order chi connectivity index (χ0) is 30.1. The maximum Gasteiger partial charge on any atom is 0.352 e. The lowest BCUT2D eigenvalue weighted by Gasteiger charge is -2.49. The molecule has 42 heavy (non-hydrogen) atoms. The molecule has 0 radical (unpaired) electrons. The molecule has 1 fully saturated rings. The topological polar surface area (TPSA) is 212 Å². The Morgan fingerprint density at radius 3 is 2.62 bits per heavy atom. The molecule has 2 aliphatic heterocycles. The summed E-state index contributed by atoms with van der Waals surface area (Å²) in [6, 6.07) is 4.35. The van der Waals surface area contributed by atoms with Crippen molar-refractivity contribution < 1.29 is 29.4 Å². The van der Waals surface area contributed by atoms with Crippen molar-refractivity contribution in [3.05, 3.63) is 74.8 Å². The number of β-lactam (4-membered cyclic amide) rings is 1. The van der Waals surface area contributed by atoms with Gasteiger partial charge in [-0.05, 0) is 40.6 Å². The molecular formula is C25H24N8O7S2. The number of nitrogens with zero attached hydrogens (tertiary/aromatic N) is 5. The van der Waals surface area contributed by atoms with Crippen LogP contribution in [0, 0.1) is 6.92 Å². The number of aromatic nitrogens is 5. The summed E-state index contributed by atoms with van der Waals surface area (Å²) in [4.78, 5) is 68.1. The normalized spacial score (nSPS) is 18.6. The first-order valence-corrected chi connectivity index (χ1v) is 14.4. The van der Waals surface area contributed by atoms with Crippen LogP contribution in [-0.2, 0) is 21.4 Å². The van der Waals surface area contributed by atoms with Crippen molar-refractivity contribution in [1.29, 1.82) is 0 Å². The molecule has 1 aromatic carbocycles. The predicted molar refractivity (Wildman–Crippen MR) is 149 cm³/mol. The molecule has 0 saturated carbocycles. The molecule has 1 saturated heterocycles. The molecule has 3 aromatic rings. The van der Waals surface area contributed by atoms with E-state index in [-0.39, 0.29) is 34.1 Å². The number of aromatic amines is 1. The number of aromatic hydroxyl groups is 1. The number of carbonyl (C=O) groups is 4. The van der Waals surface area contributed by atoms with E-state index in [4.69, 9.17) is 0 Å². The van der Waals surface area contributed by atoms with Crippen LogP contribution < -0.4 is 16.1 Å². The third-order valence-electron chi connectivity index (χ3n) is 6.57. The largest absolute Gasteiger partial charge is 0.508 e. The van der Waals surface area contributed by atoms with E-state index in [1.807, 2.05) is 0 Å². The smallest absolute Gasteiger partial charge is 0.352 e. The maximum absolute atomic E-state index is 13.5. The monoisotopic (exact) mass is 612 g/mol. The highest BCUT2D eigenvalue weighted by molar-refractivity contribution is 8.01. The van der Waals surface area contributed by atoms with E-state index in [1.165, 1.54) is 64.7 Å². The number of tetrazole rings is 1. The fourth-order valence-electron chi connectivity index (χ4n) is 4.45. The van der Waals surface area contributed by atoms with Crippen LogP contribution in [0.15, 0.2) is 57.7 Å². The number of carboxylic acids is 1. The summed E-state index contributed by atoms with van der Waals surface area (Å²) in [6.07, 6.45) is 1.24. The second kappa shape index (κ2) is 11.7. The number of fused-ring (bicyclic) bond motifs is 1. The van der Waals surface area contributed by atoms with Crippen LogP contribution in [0.3, 0.4) is 0 Å². The van der Waals surface area contributed by atoms with Gasteiger partial charge in [0.15, 0.2) is 5.43 Å². The van der Waals surface area contributed by atoms with Crippen molar-refractivity contribution >= 4 is 47.2 Å². The number of phenolic OH excluding ortho intramolecular Hbond substituents is 1. The lowest BCUT2D eigenvalue weighted by Crippen LogP contribution is -2.71. The summed E-state index contributed by atoms with van der Waals surface area (Å²) < 4.78 is 1.45. The number of benzene rings is 1. The summed E-state index contributed by atoms with van der Waals surface area (Å²) in [6.45, 7) is 1.65. The molecule has 0 aliphatic carbocycles. The second-order valence-corrected chi connectivity index (χ2v) is 11.5. The van der Waals surface area contributed by atoms with Crippen LogP contribution in [0.5, 0.6) is 5.75 Å². The zero-order valence-corrected chi connectivity index (χ0v) is 23.7. The van der Waals surface area contributed by atoms with E-state index in [0.29, 0.717) is 16.4 Å². The van der Waals surface area contributed by atoms with Crippen molar-refractivity contribution in [3.63, 3.8) is 0 Å². The first kappa shape index (κ1) is 28.9. The Balaban J connectivity index is 1.34. The van der Waals surface area contributed by atoms with Crippen LogP contribution >= 0.6 is 23.5 Å². The number of amides is 3. The summed E-state index contributed by atoms with van der Waals surface area (Å²) in [7, 11) is 1.65.